The van der Waals surface area contributed by atoms with Crippen LogP contribution in [0.3, 0.4) is 0 Å². The molecule has 0 unspecified atom stereocenters. The Bertz CT molecular complexity index is 246. The van der Waals surface area contributed by atoms with Crippen molar-refractivity contribution in [1.82, 2.24) is 0 Å². The molecule has 0 aromatic heterocycles. The Kier molecular flexibility index (Phi) is 3.78. The van der Waals surface area contributed by atoms with E-state index in [1.165, 1.54) is 0 Å². The molecule has 0 aliphatic heterocycles. The lowest BCUT2D eigenvalue weighted by molar-refractivity contribution is 1.38. The molecule has 0 heterocycles. The summed E-state index contributed by atoms with van der Waals surface area (Å²) in [5.41, 5.74) is 3.65. The van der Waals surface area contributed by atoms with Gasteiger partial charge in [0, 0.05) is 0 Å². The third-order valence-electron chi connectivity index (χ3n) is 1.04. The lowest BCUT2D eigenvalue weighted by Crippen LogP contribution is -1.82. The summed E-state index contributed by atoms with van der Waals surface area (Å²) >= 11 is 10.9. The Labute approximate surface area is 75.5 Å². The van der Waals surface area contributed by atoms with Crippen LogP contribution in [0.15, 0.2) is 35.2 Å². The Morgan fingerprint density at radius 2 is 1.82 bits per heavy atom. The summed E-state index contributed by atoms with van der Waals surface area (Å²) in [6, 6.07) is 9.53. The molecule has 0 radical (unpaired) electrons. The lowest BCUT2D eigenvalue weighted by Gasteiger charge is -1.97. The highest BCUT2D eigenvalue weighted by Gasteiger charge is 1.85. The maximum atomic E-state index is 5.47. The largest absolute Gasteiger partial charge is 0.278 e. The highest BCUT2D eigenvalue weighted by molar-refractivity contribution is 7.96. The molecular weight excluding hydrogens is 202 g/mol. The molecule has 2 nitrogen and oxygen atoms in total. The first kappa shape index (κ1) is 8.92. The van der Waals surface area contributed by atoms with E-state index in [1.807, 2.05) is 30.3 Å². The molecule has 0 bridgehead atoms. The third kappa shape index (κ3) is 3.66. The molecule has 11 heavy (non-hydrogen) atoms. The van der Waals surface area contributed by atoms with Crippen molar-refractivity contribution in [3.05, 3.63) is 30.3 Å². The Hall–Kier alpha value is -0.170. The van der Waals surface area contributed by atoms with Crippen molar-refractivity contribution in [2.45, 2.75) is 0 Å². The lowest BCUT2D eigenvalue weighted by atomic mass is 10.3. The predicted molar refractivity (Wildman–Crippen MR) is 52.5 cm³/mol. The Balaban J connectivity index is 2.59. The molecule has 0 amide bonds. The average Bonchev–Trinajstić information content (AvgIpc) is 2.03. The molecule has 0 spiro atoms. The first-order chi connectivity index (χ1) is 5.29. The van der Waals surface area contributed by atoms with Gasteiger partial charge in [-0.1, -0.05) is 40.7 Å². The van der Waals surface area contributed by atoms with Crippen LogP contribution in [-0.4, -0.2) is 0 Å². The number of halogens is 2. The normalized spacial score (nSPS) is 9.73. The van der Waals surface area contributed by atoms with Gasteiger partial charge in [0.25, 0.3) is 0 Å². The van der Waals surface area contributed by atoms with Crippen molar-refractivity contribution >= 4 is 34.6 Å². The first-order valence-corrected chi connectivity index (χ1v) is 6.46. The zero-order valence-corrected chi connectivity index (χ0v) is 8.10. The van der Waals surface area contributed by atoms with E-state index >= 15 is 0 Å². The second kappa shape index (κ2) is 4.66. The van der Waals surface area contributed by atoms with E-state index in [1.54, 1.807) is 0 Å². The number of nitrogens with zero attached hydrogens (tertiary/aromatic N) is 1. The average molecular weight is 209 g/mol. The zero-order chi connectivity index (χ0) is 8.10. The molecule has 1 rings (SSSR count). The number of rotatable bonds is 2. The number of benzene rings is 1. The van der Waals surface area contributed by atoms with Crippen LogP contribution in [-0.2, 0) is 0 Å². The van der Waals surface area contributed by atoms with Gasteiger partial charge in [0.15, 0.2) is 6.42 Å². The second-order valence-electron chi connectivity index (χ2n) is 1.83. The van der Waals surface area contributed by atoms with Crippen molar-refractivity contribution < 1.29 is 0 Å². The minimum atomic E-state index is -1.57. The second-order valence-corrected chi connectivity index (χ2v) is 5.26. The van der Waals surface area contributed by atoms with Crippen LogP contribution < -0.4 is 5.43 Å². The van der Waals surface area contributed by atoms with E-state index in [4.69, 9.17) is 22.5 Å². The van der Waals surface area contributed by atoms with Crippen molar-refractivity contribution in [1.29, 1.82) is 0 Å². The maximum absolute atomic E-state index is 5.47. The molecular formula is C6H7Cl2N2P. The van der Waals surface area contributed by atoms with Gasteiger partial charge in [-0.3, -0.25) is 5.43 Å². The van der Waals surface area contributed by atoms with Gasteiger partial charge in [0.05, 0.1) is 5.69 Å². The fourth-order valence-electron chi connectivity index (χ4n) is 0.619. The van der Waals surface area contributed by atoms with Crippen molar-refractivity contribution in [2.24, 2.45) is 4.85 Å². The standard InChI is InChI=1S/C6H7Cl2N2P/c7-11(8)10-9-6-4-2-1-3-5-6/h1-5,9,11H. The smallest absolute Gasteiger partial charge is 0.150 e. The fourth-order valence-corrected chi connectivity index (χ4v) is 1.09. The summed E-state index contributed by atoms with van der Waals surface area (Å²) in [5, 5.41) is 0. The quantitative estimate of drug-likeness (QED) is 0.582. The molecule has 0 fully saturated rings. The number of hydrogen-bond acceptors (Lipinski definition) is 1. The Morgan fingerprint density at radius 3 is 2.36 bits per heavy atom. The summed E-state index contributed by atoms with van der Waals surface area (Å²) in [4.78, 5) is 3.78. The highest BCUT2D eigenvalue weighted by Crippen LogP contribution is 2.36. The molecule has 0 aliphatic rings. The van der Waals surface area contributed by atoms with Crippen LogP contribution in [0.25, 0.3) is 0 Å². The van der Waals surface area contributed by atoms with E-state index in [0.29, 0.717) is 0 Å². The monoisotopic (exact) mass is 208 g/mol. The molecule has 0 saturated heterocycles. The number of para-hydroxylation sites is 1. The van der Waals surface area contributed by atoms with Crippen LogP contribution in [0.1, 0.15) is 0 Å². The van der Waals surface area contributed by atoms with E-state index in [0.717, 1.165) is 5.69 Å². The predicted octanol–water partition coefficient (Wildman–Crippen LogP) is 3.72. The number of hydrogen-bond donors (Lipinski definition) is 1. The van der Waals surface area contributed by atoms with Gasteiger partial charge in [0.1, 0.15) is 0 Å². The van der Waals surface area contributed by atoms with Crippen LogP contribution in [0.4, 0.5) is 5.69 Å². The molecule has 1 aromatic rings. The SMILES string of the molecule is Cl[PH](Cl)=NNc1ccccc1. The van der Waals surface area contributed by atoms with Crippen LogP contribution in [0.2, 0.25) is 0 Å². The van der Waals surface area contributed by atoms with Gasteiger partial charge in [0.2, 0.25) is 0 Å². The molecule has 0 saturated carbocycles. The van der Waals surface area contributed by atoms with E-state index in [9.17, 15) is 0 Å². The van der Waals surface area contributed by atoms with E-state index in [2.05, 4.69) is 10.3 Å². The molecule has 1 aromatic carbocycles. The number of anilines is 1. The van der Waals surface area contributed by atoms with Crippen molar-refractivity contribution in [3.8, 4) is 0 Å². The highest BCUT2D eigenvalue weighted by atomic mass is 35.9. The number of nitrogens with one attached hydrogen (secondary N) is 1. The summed E-state index contributed by atoms with van der Waals surface area (Å²) < 4.78 is 0. The van der Waals surface area contributed by atoms with Gasteiger partial charge in [-0.05, 0) is 12.1 Å². The fraction of sp³-hybridized carbons (Fsp3) is 0. The van der Waals surface area contributed by atoms with Crippen molar-refractivity contribution in [3.63, 3.8) is 0 Å². The minimum Gasteiger partial charge on any atom is -0.278 e. The van der Waals surface area contributed by atoms with Gasteiger partial charge >= 0.3 is 0 Å². The first-order valence-electron chi connectivity index (χ1n) is 2.99. The van der Waals surface area contributed by atoms with Gasteiger partial charge in [-0.2, -0.15) is 4.85 Å². The Morgan fingerprint density at radius 1 is 1.18 bits per heavy atom. The van der Waals surface area contributed by atoms with Gasteiger partial charge < -0.3 is 0 Å². The van der Waals surface area contributed by atoms with E-state index in [-0.39, 0.29) is 0 Å². The van der Waals surface area contributed by atoms with Gasteiger partial charge in [-0.15, -0.1) is 0 Å². The van der Waals surface area contributed by atoms with Crippen LogP contribution in [0.5, 0.6) is 0 Å². The van der Waals surface area contributed by atoms with Gasteiger partial charge in [-0.25, -0.2) is 0 Å². The summed E-state index contributed by atoms with van der Waals surface area (Å²) in [5.74, 6) is 0. The third-order valence-corrected chi connectivity index (χ3v) is 1.83. The zero-order valence-electron chi connectivity index (χ0n) is 5.59. The summed E-state index contributed by atoms with van der Waals surface area (Å²) in [6.07, 6.45) is -1.57. The van der Waals surface area contributed by atoms with E-state index < -0.39 is 6.42 Å². The van der Waals surface area contributed by atoms with Crippen LogP contribution >= 0.6 is 28.9 Å². The molecule has 0 aliphatic carbocycles. The molecule has 60 valence electrons. The molecule has 1 N–H and O–H groups in total. The minimum absolute atomic E-state index is 0.899. The summed E-state index contributed by atoms with van der Waals surface area (Å²) in [7, 11) is 0. The van der Waals surface area contributed by atoms with Crippen LogP contribution in [0, 0.1) is 0 Å². The summed E-state index contributed by atoms with van der Waals surface area (Å²) in [6.45, 7) is 0. The topological polar surface area (TPSA) is 24.4 Å². The maximum Gasteiger partial charge on any atom is 0.150 e. The molecule has 5 heteroatoms. The van der Waals surface area contributed by atoms with Crippen molar-refractivity contribution in [2.75, 3.05) is 5.43 Å². The molecule has 0 atom stereocenters.